The number of fused-ring (bicyclic) bond motifs is 2. The zero-order valence-corrected chi connectivity index (χ0v) is 20.2. The van der Waals surface area contributed by atoms with Crippen LogP contribution >= 0.6 is 11.3 Å². The second-order valence-corrected chi connectivity index (χ2v) is 10.5. The lowest BCUT2D eigenvalue weighted by Crippen LogP contribution is -2.36. The van der Waals surface area contributed by atoms with Gasteiger partial charge in [-0.05, 0) is 24.1 Å². The van der Waals surface area contributed by atoms with Crippen molar-refractivity contribution in [3.05, 3.63) is 69.2 Å². The Balaban J connectivity index is 1.34. The number of nitrogens with zero attached hydrogens (tertiary/aromatic N) is 5. The largest absolute Gasteiger partial charge is 0.332 e. The van der Waals surface area contributed by atoms with E-state index in [0.29, 0.717) is 42.2 Å². The predicted octanol–water partition coefficient (Wildman–Crippen LogP) is 4.02. The van der Waals surface area contributed by atoms with Gasteiger partial charge in [0.15, 0.2) is 0 Å². The molecule has 4 aromatic rings. The van der Waals surface area contributed by atoms with Crippen molar-refractivity contribution in [2.24, 2.45) is 7.05 Å². The van der Waals surface area contributed by atoms with Crippen LogP contribution in [-0.2, 0) is 25.4 Å². The number of hydrogen-bond donors (Lipinski definition) is 1. The summed E-state index contributed by atoms with van der Waals surface area (Å²) in [5.41, 5.74) is 3.21. The van der Waals surface area contributed by atoms with Crippen molar-refractivity contribution in [2.45, 2.75) is 39.2 Å². The van der Waals surface area contributed by atoms with Crippen LogP contribution in [0.15, 0.2) is 36.0 Å². The SMILES string of the molecule is Cn1nc(C(C)(C)C)cc1NC(=O)c1csc2c1CCN(C(=O)c1cnc3ccc(F)cn13)C2. The van der Waals surface area contributed by atoms with Crippen LogP contribution in [0, 0.1) is 5.82 Å². The van der Waals surface area contributed by atoms with Crippen molar-refractivity contribution in [1.82, 2.24) is 24.1 Å². The fourth-order valence-electron chi connectivity index (χ4n) is 4.10. The van der Waals surface area contributed by atoms with E-state index in [1.54, 1.807) is 9.58 Å². The predicted molar refractivity (Wildman–Crippen MR) is 128 cm³/mol. The molecule has 5 rings (SSSR count). The third-order valence-corrected chi connectivity index (χ3v) is 7.07. The van der Waals surface area contributed by atoms with Gasteiger partial charge < -0.3 is 10.2 Å². The van der Waals surface area contributed by atoms with Crippen LogP contribution in [0.3, 0.4) is 0 Å². The molecule has 0 unspecified atom stereocenters. The van der Waals surface area contributed by atoms with Gasteiger partial charge in [-0.1, -0.05) is 20.8 Å². The topological polar surface area (TPSA) is 84.5 Å². The summed E-state index contributed by atoms with van der Waals surface area (Å²) < 4.78 is 16.9. The lowest BCUT2D eigenvalue weighted by Gasteiger charge is -2.27. The molecule has 2 amide bonds. The number of anilines is 1. The molecule has 0 atom stereocenters. The second kappa shape index (κ2) is 8.05. The highest BCUT2D eigenvalue weighted by atomic mass is 32.1. The van der Waals surface area contributed by atoms with Gasteiger partial charge in [0, 0.05) is 41.5 Å². The molecular formula is C24H25FN6O2S. The Kier molecular flexibility index (Phi) is 5.27. The number of nitrogens with one attached hydrogen (secondary N) is 1. The first kappa shape index (κ1) is 22.3. The first-order valence-electron chi connectivity index (χ1n) is 11.0. The molecule has 34 heavy (non-hydrogen) atoms. The summed E-state index contributed by atoms with van der Waals surface area (Å²) in [5, 5.41) is 9.34. The molecule has 0 saturated carbocycles. The van der Waals surface area contributed by atoms with E-state index in [4.69, 9.17) is 0 Å². The number of imidazole rings is 1. The Labute approximate surface area is 200 Å². The number of halogens is 1. The van der Waals surface area contributed by atoms with Crippen LogP contribution in [-0.4, -0.2) is 42.4 Å². The van der Waals surface area contributed by atoms with E-state index in [9.17, 15) is 14.0 Å². The number of pyridine rings is 1. The maximum Gasteiger partial charge on any atom is 0.272 e. The van der Waals surface area contributed by atoms with E-state index in [1.165, 1.54) is 40.3 Å². The molecule has 10 heteroatoms. The maximum absolute atomic E-state index is 13.7. The van der Waals surface area contributed by atoms with Gasteiger partial charge in [-0.25, -0.2) is 9.37 Å². The minimum Gasteiger partial charge on any atom is -0.332 e. The molecule has 0 radical (unpaired) electrons. The van der Waals surface area contributed by atoms with Gasteiger partial charge in [0.05, 0.1) is 24.0 Å². The monoisotopic (exact) mass is 480 g/mol. The highest BCUT2D eigenvalue weighted by Crippen LogP contribution is 2.31. The fourth-order valence-corrected chi connectivity index (χ4v) is 5.20. The number of amides is 2. The van der Waals surface area contributed by atoms with Gasteiger partial charge in [0.1, 0.15) is 23.0 Å². The number of hydrogen-bond acceptors (Lipinski definition) is 5. The first-order chi connectivity index (χ1) is 16.1. The standard InChI is InChI=1S/C24H25FN6O2S/c1-24(2,3)19-9-21(29(4)28-19)27-22(32)16-13-34-18-12-30(8-7-15(16)18)23(33)17-10-26-20-6-5-14(25)11-31(17)20/h5-6,9-11,13H,7-8,12H2,1-4H3,(H,27,32). The van der Waals surface area contributed by atoms with Crippen LogP contribution in [0.2, 0.25) is 0 Å². The second-order valence-electron chi connectivity index (χ2n) is 9.49. The minimum absolute atomic E-state index is 0.120. The average Bonchev–Trinajstić information content (AvgIpc) is 3.49. The quantitative estimate of drug-likeness (QED) is 0.480. The molecule has 1 aliphatic rings. The van der Waals surface area contributed by atoms with Crippen LogP contribution in [0.5, 0.6) is 0 Å². The van der Waals surface area contributed by atoms with Crippen molar-refractivity contribution in [3.63, 3.8) is 0 Å². The minimum atomic E-state index is -0.433. The molecule has 4 aromatic heterocycles. The smallest absolute Gasteiger partial charge is 0.272 e. The number of rotatable bonds is 3. The van der Waals surface area contributed by atoms with Crippen molar-refractivity contribution in [2.75, 3.05) is 11.9 Å². The summed E-state index contributed by atoms with van der Waals surface area (Å²) in [7, 11) is 1.81. The lowest BCUT2D eigenvalue weighted by molar-refractivity contribution is 0.0730. The fraction of sp³-hybridized carbons (Fsp3) is 0.333. The molecule has 0 bridgehead atoms. The molecule has 0 spiro atoms. The summed E-state index contributed by atoms with van der Waals surface area (Å²) >= 11 is 1.47. The molecule has 8 nitrogen and oxygen atoms in total. The van der Waals surface area contributed by atoms with Gasteiger partial charge in [-0.3, -0.25) is 18.7 Å². The third kappa shape index (κ3) is 3.87. The number of aromatic nitrogens is 4. The molecular weight excluding hydrogens is 455 g/mol. The Morgan fingerprint density at radius 3 is 2.76 bits per heavy atom. The summed E-state index contributed by atoms with van der Waals surface area (Å²) in [5.74, 6) is -0.189. The van der Waals surface area contributed by atoms with Crippen LogP contribution in [0.25, 0.3) is 5.65 Å². The van der Waals surface area contributed by atoms with Gasteiger partial charge in [-0.2, -0.15) is 5.10 Å². The highest BCUT2D eigenvalue weighted by molar-refractivity contribution is 7.10. The molecule has 176 valence electrons. The number of carbonyl (C=O) groups excluding carboxylic acids is 2. The van der Waals surface area contributed by atoms with E-state index in [1.807, 2.05) is 18.5 Å². The van der Waals surface area contributed by atoms with Crippen LogP contribution in [0.1, 0.15) is 57.8 Å². The normalized spacial score (nSPS) is 13.9. The molecule has 0 fully saturated rings. The Hall–Kier alpha value is -3.53. The Morgan fingerprint density at radius 1 is 1.24 bits per heavy atom. The van der Waals surface area contributed by atoms with Crippen molar-refractivity contribution in [1.29, 1.82) is 0 Å². The van der Waals surface area contributed by atoms with E-state index < -0.39 is 5.82 Å². The third-order valence-electron chi connectivity index (χ3n) is 6.06. The van der Waals surface area contributed by atoms with Crippen molar-refractivity contribution < 1.29 is 14.0 Å². The van der Waals surface area contributed by atoms with E-state index in [2.05, 4.69) is 36.2 Å². The number of thiophene rings is 1. The maximum atomic E-state index is 13.7. The van der Waals surface area contributed by atoms with E-state index >= 15 is 0 Å². The number of aryl methyl sites for hydroxylation is 1. The van der Waals surface area contributed by atoms with Gasteiger partial charge in [-0.15, -0.1) is 11.3 Å². The van der Waals surface area contributed by atoms with Crippen molar-refractivity contribution in [3.8, 4) is 0 Å². The Morgan fingerprint density at radius 2 is 2.03 bits per heavy atom. The van der Waals surface area contributed by atoms with Gasteiger partial charge >= 0.3 is 0 Å². The lowest BCUT2D eigenvalue weighted by atomic mass is 9.92. The summed E-state index contributed by atoms with van der Waals surface area (Å²) in [4.78, 5) is 33.1. The summed E-state index contributed by atoms with van der Waals surface area (Å²) in [6, 6.07) is 4.75. The van der Waals surface area contributed by atoms with Gasteiger partial charge in [0.25, 0.3) is 11.8 Å². The zero-order valence-electron chi connectivity index (χ0n) is 19.4. The highest BCUT2D eigenvalue weighted by Gasteiger charge is 2.29. The molecule has 0 aromatic carbocycles. The summed E-state index contributed by atoms with van der Waals surface area (Å²) in [6.07, 6.45) is 3.30. The van der Waals surface area contributed by atoms with Crippen LogP contribution in [0.4, 0.5) is 10.2 Å². The van der Waals surface area contributed by atoms with Gasteiger partial charge in [0.2, 0.25) is 0 Å². The van der Waals surface area contributed by atoms with E-state index in [-0.39, 0.29) is 17.2 Å². The summed E-state index contributed by atoms with van der Waals surface area (Å²) in [6.45, 7) is 7.09. The average molecular weight is 481 g/mol. The molecule has 0 saturated heterocycles. The number of carbonyl (C=O) groups is 2. The Bertz CT molecular complexity index is 1430. The van der Waals surface area contributed by atoms with Crippen molar-refractivity contribution >= 4 is 34.6 Å². The molecule has 0 aliphatic carbocycles. The molecule has 5 heterocycles. The first-order valence-corrected chi connectivity index (χ1v) is 11.9. The molecule has 1 aliphatic heterocycles. The zero-order chi connectivity index (χ0) is 24.2. The van der Waals surface area contributed by atoms with E-state index in [0.717, 1.165) is 16.1 Å². The van der Waals surface area contributed by atoms with Crippen LogP contribution < -0.4 is 5.32 Å². The molecule has 1 N–H and O–H groups in total.